The molecule has 2 aromatic rings. The highest BCUT2D eigenvalue weighted by Gasteiger charge is 2.36. The van der Waals surface area contributed by atoms with Crippen molar-refractivity contribution in [1.82, 2.24) is 5.32 Å². The lowest BCUT2D eigenvalue weighted by molar-refractivity contribution is 0.0600. The molecule has 6 nitrogen and oxygen atoms in total. The van der Waals surface area contributed by atoms with Crippen molar-refractivity contribution in [2.75, 3.05) is 34.4 Å². The molecule has 2 rings (SSSR count). The van der Waals surface area contributed by atoms with Crippen molar-refractivity contribution in [1.29, 1.82) is 5.26 Å². The lowest BCUT2D eigenvalue weighted by Crippen LogP contribution is -2.32. The van der Waals surface area contributed by atoms with Gasteiger partial charge in [0.1, 0.15) is 0 Å². The van der Waals surface area contributed by atoms with Crippen LogP contribution in [0.1, 0.15) is 48.2 Å². The van der Waals surface area contributed by atoms with Gasteiger partial charge in [0.2, 0.25) is 0 Å². The second-order valence-electron chi connectivity index (χ2n) is 8.10. The van der Waals surface area contributed by atoms with Gasteiger partial charge >= 0.3 is 5.97 Å². The van der Waals surface area contributed by atoms with Gasteiger partial charge in [0, 0.05) is 0 Å². The largest absolute Gasteiger partial charge is 0.493 e. The molecule has 32 heavy (non-hydrogen) atoms. The summed E-state index contributed by atoms with van der Waals surface area (Å²) in [5, 5.41) is 13.6. The third kappa shape index (κ3) is 6.02. The van der Waals surface area contributed by atoms with Gasteiger partial charge in [-0.2, -0.15) is 5.26 Å². The number of benzene rings is 2. The molecule has 0 aromatic heterocycles. The maximum atomic E-state index is 11.7. The van der Waals surface area contributed by atoms with E-state index in [2.05, 4.69) is 25.2 Å². The van der Waals surface area contributed by atoms with E-state index in [1.54, 1.807) is 20.3 Å². The average molecular weight is 439 g/mol. The number of ether oxygens (including phenoxy) is 3. The van der Waals surface area contributed by atoms with Crippen molar-refractivity contribution in [2.24, 2.45) is 5.92 Å². The van der Waals surface area contributed by atoms with Crippen LogP contribution >= 0.6 is 0 Å². The van der Waals surface area contributed by atoms with Gasteiger partial charge in [-0.15, -0.1) is 0 Å². The molecule has 172 valence electrons. The lowest BCUT2D eigenvalue weighted by atomic mass is 9.70. The van der Waals surface area contributed by atoms with Crippen LogP contribution in [0.25, 0.3) is 0 Å². The van der Waals surface area contributed by atoms with E-state index < -0.39 is 5.41 Å². The van der Waals surface area contributed by atoms with E-state index in [1.165, 1.54) is 7.11 Å². The number of hydrogen-bond donors (Lipinski definition) is 1. The topological polar surface area (TPSA) is 80.6 Å². The molecular weight excluding hydrogens is 404 g/mol. The van der Waals surface area contributed by atoms with Gasteiger partial charge in [-0.3, -0.25) is 0 Å². The molecule has 0 bridgehead atoms. The fourth-order valence-electron chi connectivity index (χ4n) is 3.95. The second-order valence-corrected chi connectivity index (χ2v) is 8.10. The highest BCUT2D eigenvalue weighted by Crippen LogP contribution is 2.40. The first-order chi connectivity index (χ1) is 15.4. The summed E-state index contributed by atoms with van der Waals surface area (Å²) in [6.45, 7) is 5.77. The van der Waals surface area contributed by atoms with Crippen molar-refractivity contribution < 1.29 is 19.0 Å². The Bertz CT molecular complexity index is 936. The second kappa shape index (κ2) is 12.1. The number of rotatable bonds is 12. The molecule has 0 aliphatic carbocycles. The first-order valence-electron chi connectivity index (χ1n) is 10.9. The number of carbonyl (C=O) groups excluding carboxylic acids is 1. The molecule has 1 atom stereocenters. The van der Waals surface area contributed by atoms with Crippen LogP contribution in [-0.4, -0.2) is 40.4 Å². The predicted octanol–water partition coefficient (Wildman–Crippen LogP) is 4.52. The van der Waals surface area contributed by atoms with Crippen molar-refractivity contribution in [3.8, 4) is 17.6 Å². The maximum absolute atomic E-state index is 11.7. The van der Waals surface area contributed by atoms with Crippen molar-refractivity contribution >= 4 is 5.97 Å². The van der Waals surface area contributed by atoms with E-state index in [0.717, 1.165) is 43.5 Å². The number of carbonyl (C=O) groups is 1. The Morgan fingerprint density at radius 3 is 2.44 bits per heavy atom. The number of methoxy groups -OCH3 is 3. The van der Waals surface area contributed by atoms with Crippen molar-refractivity contribution in [3.05, 3.63) is 59.2 Å². The van der Waals surface area contributed by atoms with Crippen LogP contribution in [-0.2, 0) is 16.6 Å². The Kier molecular flexibility index (Phi) is 9.55. The normalized spacial score (nSPS) is 12.7. The van der Waals surface area contributed by atoms with Crippen LogP contribution < -0.4 is 14.8 Å². The van der Waals surface area contributed by atoms with E-state index in [9.17, 15) is 10.1 Å². The Hall–Kier alpha value is -3.04. The van der Waals surface area contributed by atoms with Crippen LogP contribution in [0, 0.1) is 17.2 Å². The average Bonchev–Trinajstić information content (AvgIpc) is 2.82. The summed E-state index contributed by atoms with van der Waals surface area (Å²) in [7, 11) is 4.60. The number of nitrogens with zero attached hydrogens (tertiary/aromatic N) is 1. The molecule has 0 aliphatic heterocycles. The molecule has 2 aromatic carbocycles. The molecular formula is C26H34N2O4. The summed E-state index contributed by atoms with van der Waals surface area (Å²) in [6.07, 6.45) is 2.41. The Morgan fingerprint density at radius 1 is 1.06 bits per heavy atom. The van der Waals surface area contributed by atoms with Gasteiger partial charge in [-0.25, -0.2) is 4.79 Å². The minimum atomic E-state index is -0.601. The summed E-state index contributed by atoms with van der Waals surface area (Å²) < 4.78 is 15.6. The zero-order valence-corrected chi connectivity index (χ0v) is 19.7. The third-order valence-electron chi connectivity index (χ3n) is 5.95. The van der Waals surface area contributed by atoms with E-state index in [-0.39, 0.29) is 11.9 Å². The van der Waals surface area contributed by atoms with Gasteiger partial charge in [-0.1, -0.05) is 32.0 Å². The molecule has 0 saturated heterocycles. The summed E-state index contributed by atoms with van der Waals surface area (Å²) in [4.78, 5) is 11.7. The SMILES string of the molecule is COC(=O)c1cccc(CCNCCCC(C#N)(c2ccc(OC)c(OC)c2)C(C)C)c1. The molecule has 0 amide bonds. The number of nitrogens with one attached hydrogen (secondary N) is 1. The van der Waals surface area contributed by atoms with Gasteiger partial charge < -0.3 is 19.5 Å². The first kappa shape index (κ1) is 25.2. The standard InChI is InChI=1S/C26H34N2O4/c1-19(2)26(18-27,22-10-11-23(30-3)24(17-22)31-4)13-7-14-28-15-12-20-8-6-9-21(16-20)25(29)32-5/h6,8-11,16-17,19,28H,7,12-15H2,1-5H3. The van der Waals surface area contributed by atoms with Crippen LogP contribution in [0.2, 0.25) is 0 Å². The quantitative estimate of drug-likeness (QED) is 0.388. The molecule has 0 saturated carbocycles. The number of nitriles is 1. The Labute approximate surface area is 191 Å². The summed E-state index contributed by atoms with van der Waals surface area (Å²) in [6, 6.07) is 15.8. The van der Waals surface area contributed by atoms with E-state index in [4.69, 9.17) is 14.2 Å². The fraction of sp³-hybridized carbons (Fsp3) is 0.462. The van der Waals surface area contributed by atoms with Gasteiger partial charge in [0.05, 0.1) is 38.4 Å². The van der Waals surface area contributed by atoms with E-state index in [0.29, 0.717) is 17.1 Å². The molecule has 0 spiro atoms. The number of esters is 1. The zero-order chi connectivity index (χ0) is 23.6. The molecule has 0 heterocycles. The smallest absolute Gasteiger partial charge is 0.337 e. The molecule has 0 radical (unpaired) electrons. The van der Waals surface area contributed by atoms with Crippen LogP contribution in [0.15, 0.2) is 42.5 Å². The lowest BCUT2D eigenvalue weighted by Gasteiger charge is -2.32. The first-order valence-corrected chi connectivity index (χ1v) is 10.9. The zero-order valence-electron chi connectivity index (χ0n) is 19.7. The van der Waals surface area contributed by atoms with Crippen molar-refractivity contribution in [2.45, 2.75) is 38.5 Å². The van der Waals surface area contributed by atoms with Gasteiger partial charge in [0.25, 0.3) is 0 Å². The summed E-state index contributed by atoms with van der Waals surface area (Å²) in [5.41, 5.74) is 2.00. The summed E-state index contributed by atoms with van der Waals surface area (Å²) in [5.74, 6) is 1.12. The Balaban J connectivity index is 1.95. The molecule has 0 aliphatic rings. The predicted molar refractivity (Wildman–Crippen MR) is 125 cm³/mol. The molecule has 1 unspecified atom stereocenters. The monoisotopic (exact) mass is 438 g/mol. The van der Waals surface area contributed by atoms with Crippen molar-refractivity contribution in [3.63, 3.8) is 0 Å². The van der Waals surface area contributed by atoms with E-state index >= 15 is 0 Å². The molecule has 6 heteroatoms. The minimum Gasteiger partial charge on any atom is -0.493 e. The van der Waals surface area contributed by atoms with Crippen LogP contribution in [0.5, 0.6) is 11.5 Å². The van der Waals surface area contributed by atoms with Gasteiger partial charge in [-0.05, 0) is 73.7 Å². The summed E-state index contributed by atoms with van der Waals surface area (Å²) >= 11 is 0. The highest BCUT2D eigenvalue weighted by molar-refractivity contribution is 5.89. The van der Waals surface area contributed by atoms with Gasteiger partial charge in [0.15, 0.2) is 11.5 Å². The van der Waals surface area contributed by atoms with E-state index in [1.807, 2.05) is 36.4 Å². The Morgan fingerprint density at radius 2 is 1.81 bits per heavy atom. The number of hydrogen-bond acceptors (Lipinski definition) is 6. The van der Waals surface area contributed by atoms with Crippen LogP contribution in [0.3, 0.4) is 0 Å². The molecule has 0 fully saturated rings. The minimum absolute atomic E-state index is 0.145. The molecule has 1 N–H and O–H groups in total. The maximum Gasteiger partial charge on any atom is 0.337 e. The fourth-order valence-corrected chi connectivity index (χ4v) is 3.95. The third-order valence-corrected chi connectivity index (χ3v) is 5.95. The van der Waals surface area contributed by atoms with Crippen LogP contribution in [0.4, 0.5) is 0 Å². The highest BCUT2D eigenvalue weighted by atomic mass is 16.5.